The van der Waals surface area contributed by atoms with E-state index in [4.69, 9.17) is 0 Å². The highest BCUT2D eigenvalue weighted by atomic mass is 19.4. The van der Waals surface area contributed by atoms with Gasteiger partial charge in [-0.25, -0.2) is 9.78 Å². The van der Waals surface area contributed by atoms with E-state index >= 15 is 0 Å². The Bertz CT molecular complexity index is 459. The zero-order valence-electron chi connectivity index (χ0n) is 9.79. The Labute approximate surface area is 100 Å². The number of ether oxygens (including phenoxy) is 3. The Morgan fingerprint density at radius 2 is 1.94 bits per heavy atom. The number of methoxy groups -OCH3 is 2. The zero-order valence-corrected chi connectivity index (χ0v) is 9.79. The number of carbonyl (C=O) groups is 1. The van der Waals surface area contributed by atoms with Crippen molar-refractivity contribution in [3.8, 4) is 11.6 Å². The van der Waals surface area contributed by atoms with E-state index < -0.39 is 18.1 Å². The van der Waals surface area contributed by atoms with Gasteiger partial charge in [0.25, 0.3) is 5.88 Å². The molecular weight excluding hydrogens is 255 g/mol. The predicted octanol–water partition coefficient (Wildman–Crippen LogP) is 2.08. The molecule has 5 nitrogen and oxygen atoms in total. The maximum Gasteiger partial charge on any atom is 0.573 e. The Morgan fingerprint density at radius 3 is 2.39 bits per heavy atom. The van der Waals surface area contributed by atoms with Crippen molar-refractivity contribution in [2.45, 2.75) is 13.3 Å². The van der Waals surface area contributed by atoms with E-state index in [1.54, 1.807) is 0 Å². The van der Waals surface area contributed by atoms with Gasteiger partial charge in [0, 0.05) is 11.8 Å². The zero-order chi connectivity index (χ0) is 13.9. The maximum absolute atomic E-state index is 12.2. The second-order valence-corrected chi connectivity index (χ2v) is 3.17. The lowest BCUT2D eigenvalue weighted by atomic mass is 10.1. The first kappa shape index (κ1) is 14.1. The number of esters is 1. The van der Waals surface area contributed by atoms with Crippen molar-refractivity contribution in [3.63, 3.8) is 0 Å². The third-order valence-electron chi connectivity index (χ3n) is 2.07. The van der Waals surface area contributed by atoms with Crippen LogP contribution in [0.2, 0.25) is 0 Å². The molecule has 0 spiro atoms. The summed E-state index contributed by atoms with van der Waals surface area (Å²) in [5, 5.41) is 0. The van der Waals surface area contributed by atoms with Gasteiger partial charge in [0.2, 0.25) is 0 Å². The normalized spacial score (nSPS) is 11.0. The molecular formula is C10H10F3NO4. The largest absolute Gasteiger partial charge is 0.573 e. The number of carbonyl (C=O) groups excluding carboxylic acids is 1. The van der Waals surface area contributed by atoms with Crippen LogP contribution in [0.4, 0.5) is 13.2 Å². The van der Waals surface area contributed by atoms with Crippen LogP contribution in [0.1, 0.15) is 15.9 Å². The number of hydrogen-bond donors (Lipinski definition) is 0. The minimum atomic E-state index is -4.91. The number of halogens is 3. The lowest BCUT2D eigenvalue weighted by Crippen LogP contribution is -2.19. The topological polar surface area (TPSA) is 57.7 Å². The molecule has 0 saturated carbocycles. The second-order valence-electron chi connectivity index (χ2n) is 3.17. The fraction of sp³-hybridized carbons (Fsp3) is 0.400. The molecule has 0 amide bonds. The molecule has 1 aromatic rings. The molecule has 100 valence electrons. The van der Waals surface area contributed by atoms with Gasteiger partial charge in [-0.15, -0.1) is 13.2 Å². The molecule has 0 radical (unpaired) electrons. The predicted molar refractivity (Wildman–Crippen MR) is 53.5 cm³/mol. The summed E-state index contributed by atoms with van der Waals surface area (Å²) >= 11 is 0. The van der Waals surface area contributed by atoms with Crippen LogP contribution < -0.4 is 9.47 Å². The quantitative estimate of drug-likeness (QED) is 0.783. The summed E-state index contributed by atoms with van der Waals surface area (Å²) in [6.07, 6.45) is -3.85. The third kappa shape index (κ3) is 3.02. The number of alkyl halides is 3. The fourth-order valence-electron chi connectivity index (χ4n) is 1.26. The minimum absolute atomic E-state index is 0.0639. The van der Waals surface area contributed by atoms with E-state index in [2.05, 4.69) is 19.2 Å². The van der Waals surface area contributed by atoms with Crippen LogP contribution >= 0.6 is 0 Å². The van der Waals surface area contributed by atoms with Crippen LogP contribution in [-0.2, 0) is 4.74 Å². The summed E-state index contributed by atoms with van der Waals surface area (Å²) < 4.78 is 49.6. The monoisotopic (exact) mass is 265 g/mol. The first-order chi connectivity index (χ1) is 8.30. The lowest BCUT2D eigenvalue weighted by Gasteiger charge is -2.15. The van der Waals surface area contributed by atoms with Crippen LogP contribution in [-0.4, -0.2) is 31.5 Å². The molecule has 1 heterocycles. The van der Waals surface area contributed by atoms with Crippen LogP contribution in [0, 0.1) is 6.92 Å². The van der Waals surface area contributed by atoms with E-state index in [-0.39, 0.29) is 17.0 Å². The van der Waals surface area contributed by atoms with E-state index in [1.165, 1.54) is 6.92 Å². The Kier molecular flexibility index (Phi) is 4.00. The Morgan fingerprint density at radius 1 is 1.33 bits per heavy atom. The van der Waals surface area contributed by atoms with Gasteiger partial charge in [0.05, 0.1) is 19.8 Å². The minimum Gasteiger partial charge on any atom is -0.478 e. The highest BCUT2D eigenvalue weighted by Gasteiger charge is 2.34. The van der Waals surface area contributed by atoms with Crippen LogP contribution in [0.15, 0.2) is 6.20 Å². The molecule has 0 bridgehead atoms. The summed E-state index contributed by atoms with van der Waals surface area (Å²) in [7, 11) is 2.25. The molecule has 1 aromatic heterocycles. The van der Waals surface area contributed by atoms with Gasteiger partial charge >= 0.3 is 12.3 Å². The fourth-order valence-corrected chi connectivity index (χ4v) is 1.26. The van der Waals surface area contributed by atoms with E-state index in [0.29, 0.717) is 0 Å². The van der Waals surface area contributed by atoms with Crippen LogP contribution in [0.25, 0.3) is 0 Å². The molecule has 0 saturated heterocycles. The summed E-state index contributed by atoms with van der Waals surface area (Å²) in [6, 6.07) is 0. The molecule has 0 unspecified atom stereocenters. The van der Waals surface area contributed by atoms with Crippen molar-refractivity contribution >= 4 is 5.97 Å². The number of nitrogens with zero attached hydrogens (tertiary/aromatic N) is 1. The van der Waals surface area contributed by atoms with Gasteiger partial charge < -0.3 is 14.2 Å². The maximum atomic E-state index is 12.2. The first-order valence-electron chi connectivity index (χ1n) is 4.67. The summed E-state index contributed by atoms with van der Waals surface area (Å²) in [5.41, 5.74) is -0.191. The smallest absolute Gasteiger partial charge is 0.478 e. The number of rotatable bonds is 3. The average Bonchev–Trinajstić information content (AvgIpc) is 2.29. The molecule has 0 atom stereocenters. The Hall–Kier alpha value is -1.99. The van der Waals surface area contributed by atoms with E-state index in [0.717, 1.165) is 20.4 Å². The molecule has 0 aromatic carbocycles. The highest BCUT2D eigenvalue weighted by Crippen LogP contribution is 2.35. The second kappa shape index (κ2) is 5.11. The number of pyridine rings is 1. The molecule has 0 aliphatic heterocycles. The van der Waals surface area contributed by atoms with Crippen LogP contribution in [0.3, 0.4) is 0 Å². The summed E-state index contributed by atoms with van der Waals surface area (Å²) in [5.74, 6) is -1.83. The van der Waals surface area contributed by atoms with Crippen molar-refractivity contribution in [1.82, 2.24) is 4.98 Å². The first-order valence-corrected chi connectivity index (χ1v) is 4.67. The summed E-state index contributed by atoms with van der Waals surface area (Å²) in [4.78, 5) is 14.9. The van der Waals surface area contributed by atoms with Gasteiger partial charge in [-0.1, -0.05) is 0 Å². The lowest BCUT2D eigenvalue weighted by molar-refractivity contribution is -0.275. The molecule has 8 heteroatoms. The Balaban J connectivity index is 3.31. The molecule has 0 aliphatic rings. The van der Waals surface area contributed by atoms with Crippen LogP contribution in [0.5, 0.6) is 11.6 Å². The van der Waals surface area contributed by atoms with Gasteiger partial charge in [-0.2, -0.15) is 0 Å². The van der Waals surface area contributed by atoms with Crippen molar-refractivity contribution < 1.29 is 32.2 Å². The van der Waals surface area contributed by atoms with E-state index in [9.17, 15) is 18.0 Å². The van der Waals surface area contributed by atoms with Crippen molar-refractivity contribution in [1.29, 1.82) is 0 Å². The molecule has 1 rings (SSSR count). The van der Waals surface area contributed by atoms with Gasteiger partial charge in [-0.05, 0) is 6.92 Å². The third-order valence-corrected chi connectivity index (χ3v) is 2.07. The van der Waals surface area contributed by atoms with Crippen molar-refractivity contribution in [2.75, 3.05) is 14.2 Å². The average molecular weight is 265 g/mol. The standard InChI is InChI=1S/C10H10F3NO4/c1-5-6(9(15)17-3)4-14-8(16-2)7(5)18-10(11,12)13/h4H,1-3H3. The van der Waals surface area contributed by atoms with Gasteiger partial charge in [0.1, 0.15) is 0 Å². The van der Waals surface area contributed by atoms with Crippen molar-refractivity contribution in [2.24, 2.45) is 0 Å². The molecule has 18 heavy (non-hydrogen) atoms. The molecule has 0 aliphatic carbocycles. The van der Waals surface area contributed by atoms with Gasteiger partial charge in [0.15, 0.2) is 5.75 Å². The number of aromatic nitrogens is 1. The SMILES string of the molecule is COC(=O)c1cnc(OC)c(OC(F)(F)F)c1C. The molecule has 0 fully saturated rings. The van der Waals surface area contributed by atoms with E-state index in [1.807, 2.05) is 0 Å². The highest BCUT2D eigenvalue weighted by molar-refractivity contribution is 5.91. The van der Waals surface area contributed by atoms with Crippen molar-refractivity contribution in [3.05, 3.63) is 17.3 Å². The van der Waals surface area contributed by atoms with Gasteiger partial charge in [-0.3, -0.25) is 0 Å². The molecule has 0 N–H and O–H groups in total. The number of hydrogen-bond acceptors (Lipinski definition) is 5. The summed E-state index contributed by atoms with van der Waals surface area (Å²) in [6.45, 7) is 1.28.